The van der Waals surface area contributed by atoms with E-state index in [0.29, 0.717) is 5.56 Å². The maximum atomic E-state index is 13.8. The van der Waals surface area contributed by atoms with Gasteiger partial charge in [-0.25, -0.2) is 4.39 Å². The number of aliphatic hydroxyl groups is 1. The van der Waals surface area contributed by atoms with E-state index in [1.807, 2.05) is 0 Å². The minimum absolute atomic E-state index is 0.000222. The van der Waals surface area contributed by atoms with Crippen LogP contribution in [0.3, 0.4) is 0 Å². The van der Waals surface area contributed by atoms with E-state index in [1.54, 1.807) is 37.0 Å². The van der Waals surface area contributed by atoms with Gasteiger partial charge >= 0.3 is 0 Å². The Bertz CT molecular complexity index is 901. The highest BCUT2D eigenvalue weighted by Gasteiger charge is 2.26. The maximum Gasteiger partial charge on any atom is 0.273 e. The van der Waals surface area contributed by atoms with E-state index in [9.17, 15) is 14.3 Å². The molecule has 0 aliphatic heterocycles. The van der Waals surface area contributed by atoms with Gasteiger partial charge in [-0.15, -0.1) is 0 Å². The van der Waals surface area contributed by atoms with E-state index in [-0.39, 0.29) is 23.6 Å². The molecule has 2 aromatic heterocycles. The number of halogens is 1. The standard InChI is InChI=1S/C17H17FN4O3/c1-17(24,11-8-20-22(2)9-11)10-19-16(23)14-7-15(25-21-14)12-5-3-4-6-13(12)18/h3-9,24H,10H2,1-2H3,(H,19,23). The molecule has 3 rings (SSSR count). The Kier molecular flexibility index (Phi) is 4.37. The fourth-order valence-electron chi connectivity index (χ4n) is 2.31. The van der Waals surface area contributed by atoms with Gasteiger partial charge in [-0.05, 0) is 19.1 Å². The lowest BCUT2D eigenvalue weighted by atomic mass is 10.00. The molecule has 0 aliphatic carbocycles. The Morgan fingerprint density at radius 1 is 1.44 bits per heavy atom. The van der Waals surface area contributed by atoms with Gasteiger partial charge in [0.1, 0.15) is 11.4 Å². The third-order valence-electron chi connectivity index (χ3n) is 3.80. The summed E-state index contributed by atoms with van der Waals surface area (Å²) in [6.07, 6.45) is 3.19. The molecule has 0 spiro atoms. The number of amides is 1. The van der Waals surface area contributed by atoms with Crippen LogP contribution in [0.1, 0.15) is 23.0 Å². The van der Waals surface area contributed by atoms with Crippen molar-refractivity contribution in [3.8, 4) is 11.3 Å². The summed E-state index contributed by atoms with van der Waals surface area (Å²) in [4.78, 5) is 12.2. The van der Waals surface area contributed by atoms with E-state index in [0.717, 1.165) is 0 Å². The molecule has 0 saturated carbocycles. The number of carbonyl (C=O) groups is 1. The highest BCUT2D eigenvalue weighted by molar-refractivity contribution is 5.93. The summed E-state index contributed by atoms with van der Waals surface area (Å²) in [7, 11) is 1.73. The van der Waals surface area contributed by atoms with Crippen LogP contribution in [-0.4, -0.2) is 32.5 Å². The SMILES string of the molecule is Cn1cc(C(C)(O)CNC(=O)c2cc(-c3ccccc3F)on2)cn1. The first-order valence-electron chi connectivity index (χ1n) is 7.58. The quantitative estimate of drug-likeness (QED) is 0.737. The number of nitrogens with one attached hydrogen (secondary N) is 1. The predicted octanol–water partition coefficient (Wildman–Crippen LogP) is 1.85. The van der Waals surface area contributed by atoms with Crippen LogP contribution >= 0.6 is 0 Å². The first-order chi connectivity index (χ1) is 11.9. The van der Waals surface area contributed by atoms with Crippen LogP contribution in [0.15, 0.2) is 47.2 Å². The third kappa shape index (κ3) is 3.58. The first-order valence-corrected chi connectivity index (χ1v) is 7.58. The van der Waals surface area contributed by atoms with Gasteiger partial charge in [0, 0.05) is 24.9 Å². The van der Waals surface area contributed by atoms with Gasteiger partial charge in [0.05, 0.1) is 18.3 Å². The van der Waals surface area contributed by atoms with Crippen LogP contribution in [0.25, 0.3) is 11.3 Å². The van der Waals surface area contributed by atoms with Crippen molar-refractivity contribution < 1.29 is 18.8 Å². The van der Waals surface area contributed by atoms with Gasteiger partial charge in [0.25, 0.3) is 5.91 Å². The zero-order valence-corrected chi connectivity index (χ0v) is 13.7. The number of carbonyl (C=O) groups excluding carboxylic acids is 1. The molecular weight excluding hydrogens is 327 g/mol. The van der Waals surface area contributed by atoms with Crippen LogP contribution in [0.5, 0.6) is 0 Å². The lowest BCUT2D eigenvalue weighted by molar-refractivity contribution is 0.0523. The second-order valence-corrected chi connectivity index (χ2v) is 5.92. The number of aryl methyl sites for hydroxylation is 1. The van der Waals surface area contributed by atoms with E-state index < -0.39 is 17.3 Å². The molecule has 0 bridgehead atoms. The Balaban J connectivity index is 1.69. The first kappa shape index (κ1) is 16.8. The van der Waals surface area contributed by atoms with Gasteiger partial charge in [0.2, 0.25) is 0 Å². The van der Waals surface area contributed by atoms with Crippen LogP contribution < -0.4 is 5.32 Å². The van der Waals surface area contributed by atoms with Crippen molar-refractivity contribution in [2.45, 2.75) is 12.5 Å². The van der Waals surface area contributed by atoms with Crippen LogP contribution in [-0.2, 0) is 12.6 Å². The number of hydrogen-bond acceptors (Lipinski definition) is 5. The van der Waals surface area contributed by atoms with E-state index >= 15 is 0 Å². The number of hydrogen-bond donors (Lipinski definition) is 2. The van der Waals surface area contributed by atoms with Gasteiger partial charge < -0.3 is 14.9 Å². The summed E-state index contributed by atoms with van der Waals surface area (Å²) in [6.45, 7) is 1.53. The van der Waals surface area contributed by atoms with Gasteiger partial charge in [-0.3, -0.25) is 9.48 Å². The van der Waals surface area contributed by atoms with Gasteiger partial charge in [0.15, 0.2) is 11.5 Å². The summed E-state index contributed by atoms with van der Waals surface area (Å²) in [6, 6.07) is 7.40. The van der Waals surface area contributed by atoms with Gasteiger partial charge in [-0.2, -0.15) is 5.10 Å². The van der Waals surface area contributed by atoms with Crippen LogP contribution in [0, 0.1) is 5.82 Å². The van der Waals surface area contributed by atoms with Crippen molar-refractivity contribution in [1.29, 1.82) is 0 Å². The molecule has 3 aromatic rings. The lowest BCUT2D eigenvalue weighted by Gasteiger charge is -2.21. The number of benzene rings is 1. The second kappa shape index (κ2) is 6.48. The van der Waals surface area contributed by atoms with Crippen molar-refractivity contribution in [2.24, 2.45) is 7.05 Å². The molecule has 25 heavy (non-hydrogen) atoms. The maximum absolute atomic E-state index is 13.8. The Morgan fingerprint density at radius 2 is 2.20 bits per heavy atom. The molecule has 7 nitrogen and oxygen atoms in total. The van der Waals surface area contributed by atoms with Crippen molar-refractivity contribution in [3.05, 3.63) is 59.8 Å². The van der Waals surface area contributed by atoms with Gasteiger partial charge in [-0.1, -0.05) is 17.3 Å². The monoisotopic (exact) mass is 344 g/mol. The van der Waals surface area contributed by atoms with E-state index in [4.69, 9.17) is 4.52 Å². The van der Waals surface area contributed by atoms with Crippen LogP contribution in [0.2, 0.25) is 0 Å². The van der Waals surface area contributed by atoms with E-state index in [2.05, 4.69) is 15.6 Å². The Labute approximate surface area is 143 Å². The van der Waals surface area contributed by atoms with Crippen molar-refractivity contribution >= 4 is 5.91 Å². The highest BCUT2D eigenvalue weighted by atomic mass is 19.1. The number of nitrogens with zero attached hydrogens (tertiary/aromatic N) is 3. The summed E-state index contributed by atoms with van der Waals surface area (Å²) in [5, 5.41) is 20.7. The lowest BCUT2D eigenvalue weighted by Crippen LogP contribution is -2.38. The normalized spacial score (nSPS) is 13.4. The zero-order chi connectivity index (χ0) is 18.0. The van der Waals surface area contributed by atoms with Crippen LogP contribution in [0.4, 0.5) is 4.39 Å². The summed E-state index contributed by atoms with van der Waals surface area (Å²) in [5.74, 6) is -0.845. The number of rotatable bonds is 5. The van der Waals surface area contributed by atoms with Crippen molar-refractivity contribution in [2.75, 3.05) is 6.54 Å². The zero-order valence-electron chi connectivity index (χ0n) is 13.7. The van der Waals surface area contributed by atoms with E-state index in [1.165, 1.54) is 24.4 Å². The average Bonchev–Trinajstić information content (AvgIpc) is 3.23. The summed E-state index contributed by atoms with van der Waals surface area (Å²) in [5.41, 5.74) is -0.499. The molecule has 2 heterocycles. The minimum atomic E-state index is -1.29. The molecule has 0 radical (unpaired) electrons. The predicted molar refractivity (Wildman–Crippen MR) is 87.0 cm³/mol. The molecular formula is C17H17FN4O3. The fraction of sp³-hybridized carbons (Fsp3) is 0.235. The molecule has 0 fully saturated rings. The molecule has 2 N–H and O–H groups in total. The molecule has 1 atom stereocenters. The highest BCUT2D eigenvalue weighted by Crippen LogP contribution is 2.23. The molecule has 1 amide bonds. The Hall–Kier alpha value is -3.00. The smallest absolute Gasteiger partial charge is 0.273 e. The average molecular weight is 344 g/mol. The molecule has 0 saturated heterocycles. The molecule has 1 unspecified atom stereocenters. The van der Waals surface area contributed by atoms with Crippen molar-refractivity contribution in [3.63, 3.8) is 0 Å². The molecule has 1 aromatic carbocycles. The number of aromatic nitrogens is 3. The largest absolute Gasteiger partial charge is 0.383 e. The Morgan fingerprint density at radius 3 is 2.88 bits per heavy atom. The molecule has 8 heteroatoms. The minimum Gasteiger partial charge on any atom is -0.383 e. The second-order valence-electron chi connectivity index (χ2n) is 5.92. The topological polar surface area (TPSA) is 93.2 Å². The fourth-order valence-corrected chi connectivity index (χ4v) is 2.31. The molecule has 130 valence electrons. The third-order valence-corrected chi connectivity index (χ3v) is 3.80. The molecule has 0 aliphatic rings. The van der Waals surface area contributed by atoms with Crippen molar-refractivity contribution in [1.82, 2.24) is 20.3 Å². The summed E-state index contributed by atoms with van der Waals surface area (Å²) >= 11 is 0. The summed E-state index contributed by atoms with van der Waals surface area (Å²) < 4.78 is 20.4.